The predicted octanol–water partition coefficient (Wildman–Crippen LogP) is 4.62. The standard InChI is InChI=1S/C16H16BrFO2/c1-11-6-7-14(13(8-11)9-17)20-10-12-4-3-5-15(19-2)16(12)18/h3-8H,9-10H2,1-2H3. The fraction of sp³-hybridized carbons (Fsp3) is 0.250. The number of hydrogen-bond donors (Lipinski definition) is 0. The maximum Gasteiger partial charge on any atom is 0.171 e. The van der Waals surface area contributed by atoms with Crippen LogP contribution in [-0.2, 0) is 11.9 Å². The molecule has 0 aliphatic carbocycles. The molecule has 0 saturated heterocycles. The molecule has 0 unspecified atom stereocenters. The molecule has 0 radical (unpaired) electrons. The maximum atomic E-state index is 14.0. The average Bonchev–Trinajstić information content (AvgIpc) is 2.47. The zero-order chi connectivity index (χ0) is 14.5. The molecule has 2 aromatic carbocycles. The minimum absolute atomic E-state index is 0.173. The van der Waals surface area contributed by atoms with E-state index in [1.165, 1.54) is 12.7 Å². The molecule has 0 aliphatic heterocycles. The molecule has 0 spiro atoms. The second kappa shape index (κ2) is 6.75. The van der Waals surface area contributed by atoms with Gasteiger partial charge in [0.2, 0.25) is 0 Å². The van der Waals surface area contributed by atoms with Crippen LogP contribution in [0.4, 0.5) is 4.39 Å². The van der Waals surface area contributed by atoms with Crippen molar-refractivity contribution in [2.75, 3.05) is 7.11 Å². The Labute approximate surface area is 126 Å². The zero-order valence-corrected chi connectivity index (χ0v) is 13.0. The molecule has 0 fully saturated rings. The molecule has 0 aliphatic rings. The number of alkyl halides is 1. The smallest absolute Gasteiger partial charge is 0.171 e. The molecule has 2 nitrogen and oxygen atoms in total. The van der Waals surface area contributed by atoms with E-state index in [9.17, 15) is 4.39 Å². The molecule has 0 saturated carbocycles. The third kappa shape index (κ3) is 3.31. The van der Waals surface area contributed by atoms with Crippen molar-refractivity contribution in [3.05, 3.63) is 58.9 Å². The number of halogens is 2. The molecule has 4 heteroatoms. The van der Waals surface area contributed by atoms with Gasteiger partial charge in [0.15, 0.2) is 11.6 Å². The quantitative estimate of drug-likeness (QED) is 0.741. The van der Waals surface area contributed by atoms with Crippen LogP contribution < -0.4 is 9.47 Å². The number of ether oxygens (including phenoxy) is 2. The van der Waals surface area contributed by atoms with Gasteiger partial charge in [0.1, 0.15) is 12.4 Å². The number of rotatable bonds is 5. The summed E-state index contributed by atoms with van der Waals surface area (Å²) < 4.78 is 24.7. The lowest BCUT2D eigenvalue weighted by atomic mass is 10.1. The maximum absolute atomic E-state index is 14.0. The third-order valence-corrected chi connectivity index (χ3v) is 3.61. The van der Waals surface area contributed by atoms with Gasteiger partial charge in [-0.1, -0.05) is 45.8 Å². The van der Waals surface area contributed by atoms with Crippen LogP contribution in [0.25, 0.3) is 0 Å². The van der Waals surface area contributed by atoms with Crippen molar-refractivity contribution in [2.24, 2.45) is 0 Å². The van der Waals surface area contributed by atoms with E-state index < -0.39 is 0 Å². The molecular weight excluding hydrogens is 323 g/mol. The van der Waals surface area contributed by atoms with E-state index in [-0.39, 0.29) is 18.2 Å². The summed E-state index contributed by atoms with van der Waals surface area (Å²) in [5.41, 5.74) is 2.69. The van der Waals surface area contributed by atoms with Crippen molar-refractivity contribution in [3.8, 4) is 11.5 Å². The van der Waals surface area contributed by atoms with E-state index >= 15 is 0 Å². The highest BCUT2D eigenvalue weighted by Gasteiger charge is 2.10. The molecule has 0 atom stereocenters. The third-order valence-electron chi connectivity index (χ3n) is 3.01. The Morgan fingerprint density at radius 3 is 2.60 bits per heavy atom. The molecule has 106 valence electrons. The molecule has 0 heterocycles. The average molecular weight is 339 g/mol. The summed E-state index contributed by atoms with van der Waals surface area (Å²) in [4.78, 5) is 0. The van der Waals surface area contributed by atoms with Crippen molar-refractivity contribution in [2.45, 2.75) is 18.9 Å². The highest BCUT2D eigenvalue weighted by atomic mass is 79.9. The first-order chi connectivity index (χ1) is 9.65. The molecule has 2 aromatic rings. The summed E-state index contributed by atoms with van der Waals surface area (Å²) in [6, 6.07) is 11.0. The second-order valence-electron chi connectivity index (χ2n) is 4.47. The van der Waals surface area contributed by atoms with Gasteiger partial charge in [-0.05, 0) is 19.1 Å². The highest BCUT2D eigenvalue weighted by molar-refractivity contribution is 9.08. The van der Waals surface area contributed by atoms with Gasteiger partial charge in [0, 0.05) is 16.5 Å². The number of aryl methyl sites for hydroxylation is 1. The summed E-state index contributed by atoms with van der Waals surface area (Å²) in [6.45, 7) is 2.20. The van der Waals surface area contributed by atoms with Crippen LogP contribution in [0.15, 0.2) is 36.4 Å². The van der Waals surface area contributed by atoms with Gasteiger partial charge >= 0.3 is 0 Å². The fourth-order valence-electron chi connectivity index (χ4n) is 1.93. The topological polar surface area (TPSA) is 18.5 Å². The molecule has 2 rings (SSSR count). The Morgan fingerprint density at radius 2 is 1.90 bits per heavy atom. The van der Waals surface area contributed by atoms with Gasteiger partial charge in [-0.2, -0.15) is 0 Å². The lowest BCUT2D eigenvalue weighted by Crippen LogP contribution is -2.02. The highest BCUT2D eigenvalue weighted by Crippen LogP contribution is 2.25. The first-order valence-corrected chi connectivity index (χ1v) is 7.37. The van der Waals surface area contributed by atoms with E-state index in [1.54, 1.807) is 18.2 Å². The normalized spacial score (nSPS) is 10.4. The Balaban J connectivity index is 2.17. The van der Waals surface area contributed by atoms with E-state index in [1.807, 2.05) is 25.1 Å². The van der Waals surface area contributed by atoms with Crippen molar-refractivity contribution in [1.29, 1.82) is 0 Å². The van der Waals surface area contributed by atoms with Crippen molar-refractivity contribution in [1.82, 2.24) is 0 Å². The van der Waals surface area contributed by atoms with E-state index in [0.717, 1.165) is 11.3 Å². The van der Waals surface area contributed by atoms with E-state index in [4.69, 9.17) is 9.47 Å². The van der Waals surface area contributed by atoms with Crippen molar-refractivity contribution < 1.29 is 13.9 Å². The van der Waals surface area contributed by atoms with Gasteiger partial charge in [0.25, 0.3) is 0 Å². The number of benzene rings is 2. The summed E-state index contributed by atoms with van der Waals surface area (Å²) in [7, 11) is 1.45. The first kappa shape index (κ1) is 14.9. The predicted molar refractivity (Wildman–Crippen MR) is 81.1 cm³/mol. The van der Waals surface area contributed by atoms with Gasteiger partial charge in [-0.25, -0.2) is 4.39 Å². The summed E-state index contributed by atoms with van der Waals surface area (Å²) in [5.74, 6) is 0.618. The van der Waals surface area contributed by atoms with Crippen LogP contribution in [0.2, 0.25) is 0 Å². The lowest BCUT2D eigenvalue weighted by molar-refractivity contribution is 0.293. The zero-order valence-electron chi connectivity index (χ0n) is 11.5. The lowest BCUT2D eigenvalue weighted by Gasteiger charge is -2.12. The molecule has 0 aromatic heterocycles. The van der Waals surface area contributed by atoms with E-state index in [2.05, 4.69) is 15.9 Å². The molecule has 0 amide bonds. The molecule has 20 heavy (non-hydrogen) atoms. The van der Waals surface area contributed by atoms with Crippen LogP contribution in [0.5, 0.6) is 11.5 Å². The van der Waals surface area contributed by atoms with Crippen LogP contribution in [-0.4, -0.2) is 7.11 Å². The van der Waals surface area contributed by atoms with E-state index in [0.29, 0.717) is 10.9 Å². The van der Waals surface area contributed by atoms with Crippen LogP contribution in [0.1, 0.15) is 16.7 Å². The fourth-order valence-corrected chi connectivity index (χ4v) is 2.37. The number of methoxy groups -OCH3 is 1. The molecular formula is C16H16BrFO2. The van der Waals surface area contributed by atoms with Gasteiger partial charge < -0.3 is 9.47 Å². The monoisotopic (exact) mass is 338 g/mol. The van der Waals surface area contributed by atoms with Crippen LogP contribution >= 0.6 is 15.9 Å². The Morgan fingerprint density at radius 1 is 1.10 bits per heavy atom. The van der Waals surface area contributed by atoms with Gasteiger partial charge in [0.05, 0.1) is 7.11 Å². The largest absolute Gasteiger partial charge is 0.494 e. The summed E-state index contributed by atoms with van der Waals surface area (Å²) >= 11 is 3.43. The Hall–Kier alpha value is -1.55. The Kier molecular flexibility index (Phi) is 5.01. The molecule has 0 bridgehead atoms. The number of hydrogen-bond acceptors (Lipinski definition) is 2. The summed E-state index contributed by atoms with van der Waals surface area (Å²) in [5, 5.41) is 0.699. The van der Waals surface area contributed by atoms with Gasteiger partial charge in [-0.15, -0.1) is 0 Å². The Bertz CT molecular complexity index is 599. The van der Waals surface area contributed by atoms with Gasteiger partial charge in [-0.3, -0.25) is 0 Å². The first-order valence-electron chi connectivity index (χ1n) is 6.25. The van der Waals surface area contributed by atoms with Crippen LogP contribution in [0, 0.1) is 12.7 Å². The second-order valence-corrected chi connectivity index (χ2v) is 5.03. The van der Waals surface area contributed by atoms with Crippen molar-refractivity contribution >= 4 is 15.9 Å². The van der Waals surface area contributed by atoms with Crippen LogP contribution in [0.3, 0.4) is 0 Å². The minimum atomic E-state index is -0.373. The minimum Gasteiger partial charge on any atom is -0.494 e. The molecule has 0 N–H and O–H groups in total. The summed E-state index contributed by atoms with van der Waals surface area (Å²) in [6.07, 6.45) is 0. The van der Waals surface area contributed by atoms with Crippen molar-refractivity contribution in [3.63, 3.8) is 0 Å². The SMILES string of the molecule is COc1cccc(COc2ccc(C)cc2CBr)c1F.